The Hall–Kier alpha value is -2.70. The van der Waals surface area contributed by atoms with E-state index in [1.807, 2.05) is 45.2 Å². The van der Waals surface area contributed by atoms with Crippen molar-refractivity contribution in [2.24, 2.45) is 0 Å². The van der Waals surface area contributed by atoms with Crippen LogP contribution in [-0.2, 0) is 13.0 Å². The lowest BCUT2D eigenvalue weighted by Gasteiger charge is -2.24. The van der Waals surface area contributed by atoms with Crippen LogP contribution in [0.1, 0.15) is 41.6 Å². The molecule has 1 N–H and O–H groups in total. The molecule has 2 heterocycles. The minimum atomic E-state index is -0.401. The van der Waals surface area contributed by atoms with Gasteiger partial charge < -0.3 is 9.52 Å². The summed E-state index contributed by atoms with van der Waals surface area (Å²) in [5.74, 6) is 0.206. The lowest BCUT2D eigenvalue weighted by Crippen LogP contribution is -2.22. The molecule has 0 amide bonds. The minimum absolute atomic E-state index is 0.0451. The van der Waals surface area contributed by atoms with Crippen molar-refractivity contribution in [2.75, 3.05) is 7.05 Å². The largest absolute Gasteiger partial charge is 0.507 e. The summed E-state index contributed by atoms with van der Waals surface area (Å²) in [6.07, 6.45) is 0.699. The molecule has 0 aliphatic rings. The molecule has 1 atom stereocenters. The Bertz CT molecular complexity index is 1230. The summed E-state index contributed by atoms with van der Waals surface area (Å²) in [5, 5.41) is 12.8. The number of para-hydroxylation sites is 1. The maximum absolute atomic E-state index is 12.0. The second kappa shape index (κ2) is 7.61. The first-order chi connectivity index (χ1) is 13.9. The van der Waals surface area contributed by atoms with Crippen LogP contribution >= 0.6 is 11.3 Å². The van der Waals surface area contributed by atoms with Gasteiger partial charge in [0.25, 0.3) is 0 Å². The highest BCUT2D eigenvalue weighted by Gasteiger charge is 2.22. The number of aryl methyl sites for hydroxylation is 2. The molecule has 29 heavy (non-hydrogen) atoms. The highest BCUT2D eigenvalue weighted by molar-refractivity contribution is 7.18. The third-order valence-corrected chi connectivity index (χ3v) is 6.71. The van der Waals surface area contributed by atoms with Crippen LogP contribution in [0, 0.1) is 6.92 Å². The van der Waals surface area contributed by atoms with Crippen molar-refractivity contribution in [3.8, 4) is 5.75 Å². The third-order valence-electron chi connectivity index (χ3n) is 5.51. The van der Waals surface area contributed by atoms with Crippen molar-refractivity contribution in [3.05, 3.63) is 68.5 Å². The number of aromatic nitrogens is 1. The van der Waals surface area contributed by atoms with Gasteiger partial charge in [0.15, 0.2) is 0 Å². The molecule has 0 radical (unpaired) electrons. The van der Waals surface area contributed by atoms with Gasteiger partial charge in [0.2, 0.25) is 0 Å². The Balaban J connectivity index is 1.76. The summed E-state index contributed by atoms with van der Waals surface area (Å²) in [7, 11) is 1.99. The molecule has 0 fully saturated rings. The Morgan fingerprint density at radius 3 is 2.76 bits per heavy atom. The average Bonchev–Trinajstić information content (AvgIpc) is 3.13. The molecule has 5 nitrogen and oxygen atoms in total. The maximum Gasteiger partial charge on any atom is 0.336 e. The molecule has 2 aromatic carbocycles. The van der Waals surface area contributed by atoms with E-state index in [1.54, 1.807) is 11.3 Å². The van der Waals surface area contributed by atoms with E-state index in [2.05, 4.69) is 17.9 Å². The van der Waals surface area contributed by atoms with Crippen LogP contribution in [0.2, 0.25) is 0 Å². The number of thiazole rings is 1. The number of hydrogen-bond acceptors (Lipinski definition) is 6. The van der Waals surface area contributed by atoms with Gasteiger partial charge in [-0.15, -0.1) is 11.3 Å². The van der Waals surface area contributed by atoms with Crippen molar-refractivity contribution >= 4 is 32.5 Å². The lowest BCUT2D eigenvalue weighted by atomic mass is 9.99. The summed E-state index contributed by atoms with van der Waals surface area (Å²) in [6.45, 7) is 6.45. The molecule has 0 unspecified atom stereocenters. The van der Waals surface area contributed by atoms with Gasteiger partial charge >= 0.3 is 5.63 Å². The van der Waals surface area contributed by atoms with Gasteiger partial charge in [0.1, 0.15) is 16.3 Å². The summed E-state index contributed by atoms with van der Waals surface area (Å²) < 4.78 is 6.69. The Morgan fingerprint density at radius 1 is 1.28 bits per heavy atom. The number of rotatable bonds is 5. The third kappa shape index (κ3) is 3.54. The molecule has 0 spiro atoms. The predicted molar refractivity (Wildman–Crippen MR) is 118 cm³/mol. The average molecular weight is 409 g/mol. The molecular formula is C23H24N2O3S. The fourth-order valence-electron chi connectivity index (χ4n) is 3.63. The number of phenols is 1. The van der Waals surface area contributed by atoms with Crippen molar-refractivity contribution in [1.82, 2.24) is 9.88 Å². The Kier molecular flexibility index (Phi) is 5.15. The minimum Gasteiger partial charge on any atom is -0.507 e. The fraction of sp³-hybridized carbons (Fsp3) is 0.304. The van der Waals surface area contributed by atoms with E-state index in [0.717, 1.165) is 31.7 Å². The van der Waals surface area contributed by atoms with Crippen LogP contribution in [0.4, 0.5) is 0 Å². The van der Waals surface area contributed by atoms with Crippen molar-refractivity contribution in [3.63, 3.8) is 0 Å². The standard InChI is InChI=1S/C23H24N2O3S/c1-5-15-11-16-13(2)10-20(26)28-22(16)17(21(15)27)12-25(4)14(3)23-24-18-8-6-7-9-19(18)29-23/h6-11,14,27H,5,12H2,1-4H3/t14-/m1/s1. The topological polar surface area (TPSA) is 66.6 Å². The number of nitrogens with zero attached hydrogens (tertiary/aromatic N) is 2. The van der Waals surface area contributed by atoms with Crippen molar-refractivity contribution in [2.45, 2.75) is 39.8 Å². The van der Waals surface area contributed by atoms with Gasteiger partial charge in [0, 0.05) is 18.0 Å². The fourth-order valence-corrected chi connectivity index (χ4v) is 4.71. The second-order valence-corrected chi connectivity index (χ2v) is 8.51. The lowest BCUT2D eigenvalue weighted by molar-refractivity contribution is 0.249. The molecule has 4 aromatic rings. The van der Waals surface area contributed by atoms with E-state index in [1.165, 1.54) is 6.07 Å². The monoisotopic (exact) mass is 408 g/mol. The quantitative estimate of drug-likeness (QED) is 0.461. The molecule has 0 bridgehead atoms. The molecule has 0 saturated heterocycles. The van der Waals surface area contributed by atoms with Crippen molar-refractivity contribution < 1.29 is 9.52 Å². The number of phenolic OH excluding ortho intramolecular Hbond substituents is 1. The SMILES string of the molecule is CCc1cc2c(C)cc(=O)oc2c(CN(C)[C@H](C)c2nc3ccccc3s2)c1O. The van der Waals surface area contributed by atoms with Gasteiger partial charge in [-0.25, -0.2) is 9.78 Å². The highest BCUT2D eigenvalue weighted by Crippen LogP contribution is 2.35. The maximum atomic E-state index is 12.0. The first kappa shape index (κ1) is 19.6. The van der Waals surface area contributed by atoms with E-state index < -0.39 is 5.63 Å². The van der Waals surface area contributed by atoms with Crippen LogP contribution < -0.4 is 5.63 Å². The smallest absolute Gasteiger partial charge is 0.336 e. The zero-order valence-electron chi connectivity index (χ0n) is 17.0. The molecule has 4 rings (SSSR count). The second-order valence-electron chi connectivity index (χ2n) is 7.45. The summed E-state index contributed by atoms with van der Waals surface area (Å²) >= 11 is 1.68. The van der Waals surface area contributed by atoms with Crippen molar-refractivity contribution in [1.29, 1.82) is 0 Å². The van der Waals surface area contributed by atoms with E-state index in [9.17, 15) is 9.90 Å². The van der Waals surface area contributed by atoms with Crippen LogP contribution in [0.3, 0.4) is 0 Å². The van der Waals surface area contributed by atoms with Gasteiger partial charge in [0.05, 0.1) is 21.8 Å². The van der Waals surface area contributed by atoms with Gasteiger partial charge in [-0.3, -0.25) is 4.90 Å². The highest BCUT2D eigenvalue weighted by atomic mass is 32.1. The molecule has 0 saturated carbocycles. The first-order valence-electron chi connectivity index (χ1n) is 9.73. The molecular weight excluding hydrogens is 384 g/mol. The van der Waals surface area contributed by atoms with Crippen LogP contribution in [0.5, 0.6) is 5.75 Å². The number of fused-ring (bicyclic) bond motifs is 2. The Labute approximate surface area is 173 Å². The zero-order chi connectivity index (χ0) is 20.7. The predicted octanol–water partition coefficient (Wildman–Crippen LogP) is 5.17. The first-order valence-corrected chi connectivity index (χ1v) is 10.5. The van der Waals surface area contributed by atoms with E-state index >= 15 is 0 Å². The van der Waals surface area contributed by atoms with Gasteiger partial charge in [-0.05, 0) is 56.6 Å². The summed E-state index contributed by atoms with van der Waals surface area (Å²) in [6, 6.07) is 11.6. The molecule has 6 heteroatoms. The van der Waals surface area contributed by atoms with Crippen LogP contribution in [0.25, 0.3) is 21.2 Å². The molecule has 2 aromatic heterocycles. The molecule has 0 aliphatic heterocycles. The summed E-state index contributed by atoms with van der Waals surface area (Å²) in [4.78, 5) is 18.9. The zero-order valence-corrected chi connectivity index (χ0v) is 17.8. The van der Waals surface area contributed by atoms with E-state index in [4.69, 9.17) is 9.40 Å². The van der Waals surface area contributed by atoms with E-state index in [0.29, 0.717) is 24.1 Å². The van der Waals surface area contributed by atoms with Gasteiger partial charge in [-0.1, -0.05) is 19.1 Å². The summed E-state index contributed by atoms with van der Waals surface area (Å²) in [5.41, 5.74) is 3.42. The normalized spacial score (nSPS) is 12.9. The number of benzene rings is 2. The number of hydrogen-bond donors (Lipinski definition) is 1. The van der Waals surface area contributed by atoms with Crippen LogP contribution in [0.15, 0.2) is 45.6 Å². The Morgan fingerprint density at radius 2 is 2.03 bits per heavy atom. The van der Waals surface area contributed by atoms with Crippen LogP contribution in [-0.4, -0.2) is 22.0 Å². The molecule has 150 valence electrons. The number of aromatic hydroxyl groups is 1. The van der Waals surface area contributed by atoms with Gasteiger partial charge in [-0.2, -0.15) is 0 Å². The molecule has 0 aliphatic carbocycles. The van der Waals surface area contributed by atoms with E-state index in [-0.39, 0.29) is 11.8 Å².